The van der Waals surface area contributed by atoms with Crippen molar-refractivity contribution >= 4 is 21.6 Å². The monoisotopic (exact) mass is 407 g/mol. The lowest BCUT2D eigenvalue weighted by Gasteiger charge is -2.11. The van der Waals surface area contributed by atoms with Gasteiger partial charge in [0.15, 0.2) is 0 Å². The lowest BCUT2D eigenvalue weighted by atomic mass is 10.1. The van der Waals surface area contributed by atoms with Crippen LogP contribution in [-0.4, -0.2) is 30.0 Å². The molecule has 0 saturated heterocycles. The molecule has 7 nitrogen and oxygen atoms in total. The molecule has 9 heteroatoms. The fourth-order valence-corrected chi connectivity index (χ4v) is 4.16. The highest BCUT2D eigenvalue weighted by molar-refractivity contribution is 7.89. The highest BCUT2D eigenvalue weighted by Crippen LogP contribution is 2.32. The first-order valence-electron chi connectivity index (χ1n) is 8.21. The summed E-state index contributed by atoms with van der Waals surface area (Å²) in [6.07, 6.45) is 1.36. The van der Waals surface area contributed by atoms with Gasteiger partial charge in [0.25, 0.3) is 0 Å². The fraction of sp³-hybridized carbons (Fsp3) is 0.167. The van der Waals surface area contributed by atoms with E-state index in [1.54, 1.807) is 0 Å². The third-order valence-corrected chi connectivity index (χ3v) is 5.74. The summed E-state index contributed by atoms with van der Waals surface area (Å²) < 4.78 is 28.0. The zero-order chi connectivity index (χ0) is 19.4. The molecule has 4 N–H and O–H groups in total. The Balaban J connectivity index is 1.80. The van der Waals surface area contributed by atoms with Crippen LogP contribution in [0.2, 0.25) is 5.02 Å². The first-order valence-corrected chi connectivity index (χ1v) is 10.1. The Kier molecular flexibility index (Phi) is 5.69. The lowest BCUT2D eigenvalue weighted by molar-refractivity contribution is 0.457. The molecule has 27 heavy (non-hydrogen) atoms. The van der Waals surface area contributed by atoms with E-state index in [-0.39, 0.29) is 27.7 Å². The van der Waals surface area contributed by atoms with Gasteiger partial charge in [0, 0.05) is 17.1 Å². The third-order valence-electron chi connectivity index (χ3n) is 3.98. The van der Waals surface area contributed by atoms with E-state index in [4.69, 9.17) is 11.6 Å². The van der Waals surface area contributed by atoms with Crippen molar-refractivity contribution in [1.29, 1.82) is 0 Å². The Morgan fingerprint density at radius 1 is 1.07 bits per heavy atom. The highest BCUT2D eigenvalue weighted by Gasteiger charge is 2.22. The average Bonchev–Trinajstić information content (AvgIpc) is 2.97. The van der Waals surface area contributed by atoms with E-state index in [2.05, 4.69) is 14.7 Å². The van der Waals surface area contributed by atoms with Gasteiger partial charge in [-0.1, -0.05) is 41.9 Å². The van der Waals surface area contributed by atoms with E-state index in [0.717, 1.165) is 12.0 Å². The first-order chi connectivity index (χ1) is 12.9. The fourth-order valence-electron chi connectivity index (χ4n) is 2.72. The summed E-state index contributed by atoms with van der Waals surface area (Å²) in [6.45, 7) is 0.245. The van der Waals surface area contributed by atoms with Crippen LogP contribution < -0.4 is 10.4 Å². The molecule has 0 aliphatic carbocycles. The van der Waals surface area contributed by atoms with Crippen molar-refractivity contribution in [2.24, 2.45) is 0 Å². The first kappa shape index (κ1) is 19.2. The number of aromatic nitrogens is 2. The summed E-state index contributed by atoms with van der Waals surface area (Å²) in [5, 5.41) is 10.1. The molecule has 1 heterocycles. The second-order valence-corrected chi connectivity index (χ2v) is 8.10. The molecule has 1 aromatic heterocycles. The quantitative estimate of drug-likeness (QED) is 0.450. The maximum atomic E-state index is 12.7. The van der Waals surface area contributed by atoms with Gasteiger partial charge in [-0.15, -0.1) is 0 Å². The minimum atomic E-state index is -3.87. The van der Waals surface area contributed by atoms with E-state index in [0.29, 0.717) is 6.42 Å². The third kappa shape index (κ3) is 4.60. The summed E-state index contributed by atoms with van der Waals surface area (Å²) in [4.78, 5) is 15.9. The van der Waals surface area contributed by atoms with Gasteiger partial charge in [-0.3, -0.25) is 4.98 Å². The van der Waals surface area contributed by atoms with Crippen molar-refractivity contribution in [2.45, 2.75) is 17.7 Å². The SMILES string of the molecule is O=c1[nH]c(O)c(-c2cc(Cl)ccc2S(=O)(=O)NCCCc2ccccc2)[nH]1. The molecule has 0 aliphatic heterocycles. The Labute approximate surface area is 161 Å². The van der Waals surface area contributed by atoms with Crippen LogP contribution >= 0.6 is 11.6 Å². The Morgan fingerprint density at radius 3 is 2.48 bits per heavy atom. The number of imidazole rings is 1. The number of H-pyrrole nitrogens is 2. The second kappa shape index (κ2) is 7.99. The molecular formula is C18H18ClN3O4S. The van der Waals surface area contributed by atoms with Crippen molar-refractivity contribution in [2.75, 3.05) is 6.54 Å². The minimum absolute atomic E-state index is 0.0350. The molecule has 0 fully saturated rings. The number of benzene rings is 2. The zero-order valence-electron chi connectivity index (χ0n) is 14.2. The Hall–Kier alpha value is -2.55. The van der Waals surface area contributed by atoms with Gasteiger partial charge >= 0.3 is 5.69 Å². The van der Waals surface area contributed by atoms with Gasteiger partial charge in [-0.2, -0.15) is 0 Å². The maximum absolute atomic E-state index is 12.7. The Morgan fingerprint density at radius 2 is 1.81 bits per heavy atom. The standard InChI is InChI=1S/C18H18ClN3O4S/c19-13-8-9-15(14(11-13)16-17(23)22-18(24)21-16)27(25,26)20-10-4-7-12-5-2-1-3-6-12/h1-3,5-6,8-9,11,20,23H,4,7,10H2,(H2,21,22,24). The lowest BCUT2D eigenvalue weighted by Crippen LogP contribution is -2.25. The molecule has 0 spiro atoms. The molecule has 0 saturated carbocycles. The molecule has 0 unspecified atom stereocenters. The number of sulfonamides is 1. The second-order valence-electron chi connectivity index (χ2n) is 5.93. The number of aromatic amines is 2. The molecular weight excluding hydrogens is 390 g/mol. The van der Waals surface area contributed by atoms with Crippen LogP contribution in [0.1, 0.15) is 12.0 Å². The number of rotatable bonds is 7. The van der Waals surface area contributed by atoms with E-state index in [9.17, 15) is 18.3 Å². The van der Waals surface area contributed by atoms with E-state index >= 15 is 0 Å². The summed E-state index contributed by atoms with van der Waals surface area (Å²) in [6, 6.07) is 13.9. The van der Waals surface area contributed by atoms with Gasteiger partial charge in [0.1, 0.15) is 5.69 Å². The number of aryl methyl sites for hydroxylation is 1. The van der Waals surface area contributed by atoms with Crippen LogP contribution in [0.25, 0.3) is 11.3 Å². The normalized spacial score (nSPS) is 11.6. The van der Waals surface area contributed by atoms with Gasteiger partial charge in [0.2, 0.25) is 15.9 Å². The largest absolute Gasteiger partial charge is 0.493 e. The van der Waals surface area contributed by atoms with Crippen LogP contribution in [0.5, 0.6) is 5.88 Å². The summed E-state index contributed by atoms with van der Waals surface area (Å²) in [5.41, 5.74) is 0.543. The van der Waals surface area contributed by atoms with E-state index < -0.39 is 21.6 Å². The van der Waals surface area contributed by atoms with Gasteiger partial charge in [0.05, 0.1) is 4.90 Å². The van der Waals surface area contributed by atoms with Gasteiger partial charge in [-0.05, 0) is 36.6 Å². The van der Waals surface area contributed by atoms with Crippen molar-refractivity contribution < 1.29 is 13.5 Å². The van der Waals surface area contributed by atoms with Crippen molar-refractivity contribution in [1.82, 2.24) is 14.7 Å². The van der Waals surface area contributed by atoms with Crippen LogP contribution in [-0.2, 0) is 16.4 Å². The molecule has 142 valence electrons. The number of hydrogen-bond acceptors (Lipinski definition) is 4. The summed E-state index contributed by atoms with van der Waals surface area (Å²) in [5.74, 6) is -0.456. The summed E-state index contributed by atoms with van der Waals surface area (Å²) in [7, 11) is -3.87. The highest BCUT2D eigenvalue weighted by atomic mass is 35.5. The number of halogens is 1. The molecule has 3 rings (SSSR count). The molecule has 3 aromatic rings. The molecule has 0 aliphatic rings. The number of hydrogen-bond donors (Lipinski definition) is 4. The van der Waals surface area contributed by atoms with Crippen molar-refractivity contribution in [3.05, 3.63) is 69.6 Å². The molecule has 0 bridgehead atoms. The van der Waals surface area contributed by atoms with Crippen LogP contribution in [0.15, 0.2) is 58.2 Å². The van der Waals surface area contributed by atoms with Crippen molar-refractivity contribution in [3.8, 4) is 17.1 Å². The van der Waals surface area contributed by atoms with Crippen LogP contribution in [0, 0.1) is 0 Å². The summed E-state index contributed by atoms with van der Waals surface area (Å²) >= 11 is 5.97. The van der Waals surface area contributed by atoms with Crippen LogP contribution in [0.3, 0.4) is 0 Å². The topological polar surface area (TPSA) is 115 Å². The van der Waals surface area contributed by atoms with Crippen molar-refractivity contribution in [3.63, 3.8) is 0 Å². The Bertz CT molecular complexity index is 1090. The molecule has 2 aromatic carbocycles. The predicted octanol–water partition coefficient (Wildman–Crippen LogP) is 2.64. The minimum Gasteiger partial charge on any atom is -0.493 e. The maximum Gasteiger partial charge on any atom is 0.326 e. The van der Waals surface area contributed by atoms with Gasteiger partial charge < -0.3 is 10.1 Å². The number of aromatic hydroxyl groups is 1. The van der Waals surface area contributed by atoms with Gasteiger partial charge in [-0.25, -0.2) is 17.9 Å². The number of nitrogens with one attached hydrogen (secondary N) is 3. The van der Waals surface area contributed by atoms with E-state index in [1.165, 1.54) is 18.2 Å². The zero-order valence-corrected chi connectivity index (χ0v) is 15.8. The van der Waals surface area contributed by atoms with E-state index in [1.807, 2.05) is 30.3 Å². The average molecular weight is 408 g/mol. The smallest absolute Gasteiger partial charge is 0.326 e. The van der Waals surface area contributed by atoms with Crippen LogP contribution in [0.4, 0.5) is 0 Å². The molecule has 0 atom stereocenters. The molecule has 0 amide bonds. The molecule has 0 radical (unpaired) electrons. The predicted molar refractivity (Wildman–Crippen MR) is 103 cm³/mol.